The summed E-state index contributed by atoms with van der Waals surface area (Å²) in [5, 5.41) is 0. The van der Waals surface area contributed by atoms with E-state index in [1.165, 1.54) is 18.2 Å². The molecule has 0 radical (unpaired) electrons. The van der Waals surface area contributed by atoms with E-state index in [1.807, 2.05) is 0 Å². The van der Waals surface area contributed by atoms with Crippen molar-refractivity contribution in [1.82, 2.24) is 0 Å². The Balaban J connectivity index is 1.90. The Bertz CT molecular complexity index is 707. The first-order valence-electron chi connectivity index (χ1n) is 8.44. The van der Waals surface area contributed by atoms with Crippen LogP contribution in [-0.4, -0.2) is 0 Å². The average Bonchev–Trinajstić information content (AvgIpc) is 2.57. The summed E-state index contributed by atoms with van der Waals surface area (Å²) in [5.74, 6) is -2.74. The highest BCUT2D eigenvalue weighted by molar-refractivity contribution is 5.65. The number of benzene rings is 2. The first-order valence-corrected chi connectivity index (χ1v) is 8.44. The van der Waals surface area contributed by atoms with Gasteiger partial charge in [0.2, 0.25) is 0 Å². The molecule has 0 nitrogen and oxygen atoms in total. The third-order valence-electron chi connectivity index (χ3n) is 5.17. The molecule has 2 aromatic rings. The molecular formula is C20H20F4. The molecule has 24 heavy (non-hydrogen) atoms. The molecule has 3 rings (SSSR count). The number of halogens is 4. The molecule has 1 aliphatic rings. The Morgan fingerprint density at radius 1 is 0.792 bits per heavy atom. The molecule has 2 aromatic carbocycles. The lowest BCUT2D eigenvalue weighted by molar-refractivity contribution is 0.318. The van der Waals surface area contributed by atoms with Gasteiger partial charge in [0.1, 0.15) is 11.6 Å². The Labute approximate surface area is 139 Å². The third-order valence-corrected chi connectivity index (χ3v) is 5.17. The predicted octanol–water partition coefficient (Wildman–Crippen LogP) is 6.59. The lowest BCUT2D eigenvalue weighted by Crippen LogP contribution is -2.13. The maximum absolute atomic E-state index is 14.5. The fraction of sp³-hybridized carbons (Fsp3) is 0.400. The molecule has 0 atom stereocenters. The maximum Gasteiger partial charge on any atom is 0.159 e. The molecule has 0 aromatic heterocycles. The smallest absolute Gasteiger partial charge is 0.159 e. The zero-order chi connectivity index (χ0) is 17.3. The van der Waals surface area contributed by atoms with Gasteiger partial charge in [-0.05, 0) is 72.9 Å². The van der Waals surface area contributed by atoms with Gasteiger partial charge in [-0.3, -0.25) is 0 Å². The molecule has 1 fully saturated rings. The standard InChI is InChI=1S/C20H20F4/c1-2-12-3-5-13(6-4-12)15-10-18(23)20(19(24)11-15)14-7-8-16(21)17(22)9-14/h7-13H,2-6H2,1H3. The van der Waals surface area contributed by atoms with Gasteiger partial charge in [-0.1, -0.05) is 19.4 Å². The van der Waals surface area contributed by atoms with Crippen molar-refractivity contribution in [2.75, 3.05) is 0 Å². The molecule has 0 aliphatic heterocycles. The predicted molar refractivity (Wildman–Crippen MR) is 86.7 cm³/mol. The molecule has 128 valence electrons. The van der Waals surface area contributed by atoms with E-state index in [1.54, 1.807) is 0 Å². The Morgan fingerprint density at radius 3 is 1.96 bits per heavy atom. The molecule has 0 N–H and O–H groups in total. The monoisotopic (exact) mass is 336 g/mol. The van der Waals surface area contributed by atoms with Crippen molar-refractivity contribution in [3.05, 3.63) is 59.2 Å². The van der Waals surface area contributed by atoms with E-state index in [-0.39, 0.29) is 17.0 Å². The van der Waals surface area contributed by atoms with E-state index < -0.39 is 23.3 Å². The lowest BCUT2D eigenvalue weighted by Gasteiger charge is -2.28. The number of hydrogen-bond acceptors (Lipinski definition) is 0. The molecule has 0 spiro atoms. The largest absolute Gasteiger partial charge is 0.206 e. The Kier molecular flexibility index (Phi) is 4.93. The van der Waals surface area contributed by atoms with Crippen molar-refractivity contribution in [3.63, 3.8) is 0 Å². The van der Waals surface area contributed by atoms with Crippen LogP contribution in [0.1, 0.15) is 50.5 Å². The molecule has 0 unspecified atom stereocenters. The normalized spacial score (nSPS) is 21.0. The highest BCUT2D eigenvalue weighted by Crippen LogP contribution is 2.39. The second-order valence-electron chi connectivity index (χ2n) is 6.61. The minimum absolute atomic E-state index is 0.00476. The summed E-state index contributed by atoms with van der Waals surface area (Å²) in [4.78, 5) is 0. The topological polar surface area (TPSA) is 0 Å². The van der Waals surface area contributed by atoms with Crippen LogP contribution < -0.4 is 0 Å². The third kappa shape index (κ3) is 3.33. The molecule has 0 amide bonds. The van der Waals surface area contributed by atoms with Gasteiger partial charge in [-0.25, -0.2) is 17.6 Å². The van der Waals surface area contributed by atoms with Crippen molar-refractivity contribution in [2.24, 2.45) is 5.92 Å². The first kappa shape index (κ1) is 17.0. The van der Waals surface area contributed by atoms with Crippen molar-refractivity contribution in [1.29, 1.82) is 0 Å². The fourth-order valence-electron chi connectivity index (χ4n) is 3.66. The van der Waals surface area contributed by atoms with Gasteiger partial charge in [0.25, 0.3) is 0 Å². The van der Waals surface area contributed by atoms with Crippen molar-refractivity contribution in [2.45, 2.75) is 44.9 Å². The van der Waals surface area contributed by atoms with Gasteiger partial charge < -0.3 is 0 Å². The van der Waals surface area contributed by atoms with E-state index in [9.17, 15) is 17.6 Å². The van der Waals surface area contributed by atoms with E-state index in [0.717, 1.165) is 44.2 Å². The highest BCUT2D eigenvalue weighted by atomic mass is 19.2. The summed E-state index contributed by atoms with van der Waals surface area (Å²) >= 11 is 0. The van der Waals surface area contributed by atoms with Gasteiger partial charge in [0.05, 0.1) is 5.56 Å². The second kappa shape index (κ2) is 6.96. The number of rotatable bonds is 3. The van der Waals surface area contributed by atoms with Crippen LogP contribution in [0.25, 0.3) is 11.1 Å². The summed E-state index contributed by atoms with van der Waals surface area (Å²) in [6, 6.07) is 5.58. The van der Waals surface area contributed by atoms with Crippen LogP contribution in [0.15, 0.2) is 30.3 Å². The minimum atomic E-state index is -1.12. The summed E-state index contributed by atoms with van der Waals surface area (Å²) in [5.41, 5.74) is 0.357. The summed E-state index contributed by atoms with van der Waals surface area (Å²) in [6.07, 6.45) is 5.17. The molecule has 0 saturated heterocycles. The van der Waals surface area contributed by atoms with Crippen molar-refractivity contribution in [3.8, 4) is 11.1 Å². The van der Waals surface area contributed by atoms with E-state index >= 15 is 0 Å². The van der Waals surface area contributed by atoms with Crippen LogP contribution >= 0.6 is 0 Å². The summed E-state index contributed by atoms with van der Waals surface area (Å²) in [7, 11) is 0. The highest BCUT2D eigenvalue weighted by Gasteiger charge is 2.24. The first-order chi connectivity index (χ1) is 11.5. The quantitative estimate of drug-likeness (QED) is 0.554. The van der Waals surface area contributed by atoms with Crippen LogP contribution in [0, 0.1) is 29.2 Å². The minimum Gasteiger partial charge on any atom is -0.206 e. The second-order valence-corrected chi connectivity index (χ2v) is 6.61. The summed E-state index contributed by atoms with van der Waals surface area (Å²) in [6.45, 7) is 2.17. The zero-order valence-electron chi connectivity index (χ0n) is 13.6. The maximum atomic E-state index is 14.5. The van der Waals surface area contributed by atoms with E-state index in [0.29, 0.717) is 11.5 Å². The van der Waals surface area contributed by atoms with Gasteiger partial charge in [0, 0.05) is 0 Å². The molecule has 1 saturated carbocycles. The average molecular weight is 336 g/mol. The molecule has 0 heterocycles. The Morgan fingerprint density at radius 2 is 1.42 bits per heavy atom. The number of hydrogen-bond donors (Lipinski definition) is 0. The zero-order valence-corrected chi connectivity index (χ0v) is 13.6. The van der Waals surface area contributed by atoms with Gasteiger partial charge in [-0.2, -0.15) is 0 Å². The molecular weight excluding hydrogens is 316 g/mol. The molecule has 4 heteroatoms. The molecule has 0 bridgehead atoms. The van der Waals surface area contributed by atoms with Gasteiger partial charge >= 0.3 is 0 Å². The van der Waals surface area contributed by atoms with Gasteiger partial charge in [0.15, 0.2) is 11.6 Å². The SMILES string of the molecule is CCC1CCC(c2cc(F)c(-c3ccc(F)c(F)c3)c(F)c2)CC1. The van der Waals surface area contributed by atoms with Crippen LogP contribution in [0.2, 0.25) is 0 Å². The van der Waals surface area contributed by atoms with Crippen molar-refractivity contribution >= 4 is 0 Å². The van der Waals surface area contributed by atoms with E-state index in [4.69, 9.17) is 0 Å². The van der Waals surface area contributed by atoms with E-state index in [2.05, 4.69) is 6.92 Å². The van der Waals surface area contributed by atoms with Crippen LogP contribution in [0.4, 0.5) is 17.6 Å². The Hall–Kier alpha value is -1.84. The molecule has 1 aliphatic carbocycles. The van der Waals surface area contributed by atoms with Crippen LogP contribution in [0.3, 0.4) is 0 Å². The van der Waals surface area contributed by atoms with Crippen molar-refractivity contribution < 1.29 is 17.6 Å². The van der Waals surface area contributed by atoms with Crippen LogP contribution in [0.5, 0.6) is 0 Å². The van der Waals surface area contributed by atoms with Crippen LogP contribution in [-0.2, 0) is 0 Å². The lowest BCUT2D eigenvalue weighted by atomic mass is 9.77. The van der Waals surface area contributed by atoms with Gasteiger partial charge in [-0.15, -0.1) is 0 Å². The summed E-state index contributed by atoms with van der Waals surface area (Å²) < 4.78 is 55.3. The fourth-order valence-corrected chi connectivity index (χ4v) is 3.66.